The first-order valence-corrected chi connectivity index (χ1v) is 3.68. The van der Waals surface area contributed by atoms with Crippen molar-refractivity contribution in [2.45, 2.75) is 38.7 Å². The Morgan fingerprint density at radius 2 is 2.10 bits per heavy atom. The summed E-state index contributed by atoms with van der Waals surface area (Å²) in [6.07, 6.45) is 2.90. The highest BCUT2D eigenvalue weighted by Crippen LogP contribution is 2.50. The van der Waals surface area contributed by atoms with Crippen molar-refractivity contribution in [1.29, 1.82) is 0 Å². The molecule has 0 bridgehead atoms. The number of carbonyl (C=O) groups is 1. The Hall–Kier alpha value is -0.370. The zero-order valence-corrected chi connectivity index (χ0v) is 6.55. The lowest BCUT2D eigenvalue weighted by Gasteiger charge is -2.51. The van der Waals surface area contributed by atoms with Crippen LogP contribution in [0.1, 0.15) is 33.1 Å². The fourth-order valence-corrected chi connectivity index (χ4v) is 1.43. The average molecular weight is 142 g/mol. The largest absolute Gasteiger partial charge is 0.389 e. The summed E-state index contributed by atoms with van der Waals surface area (Å²) in [7, 11) is 0. The van der Waals surface area contributed by atoms with Gasteiger partial charge in [0, 0.05) is 6.42 Å². The molecule has 2 nitrogen and oxygen atoms in total. The highest BCUT2D eigenvalue weighted by molar-refractivity contribution is 5.52. The van der Waals surface area contributed by atoms with Crippen molar-refractivity contribution in [3.63, 3.8) is 0 Å². The standard InChI is InChI=1S/C8H14O2/c1-7(2)3-4-8(7,10)5-6-9/h6,10H,3-5H2,1-2H3. The van der Waals surface area contributed by atoms with Gasteiger partial charge in [0.2, 0.25) is 0 Å². The summed E-state index contributed by atoms with van der Waals surface area (Å²) in [5.74, 6) is 0. The van der Waals surface area contributed by atoms with Crippen LogP contribution in [0.25, 0.3) is 0 Å². The summed E-state index contributed by atoms with van der Waals surface area (Å²) in [4.78, 5) is 10.1. The van der Waals surface area contributed by atoms with Crippen LogP contribution in [0, 0.1) is 5.41 Å². The molecule has 1 N–H and O–H groups in total. The molecular weight excluding hydrogens is 128 g/mol. The molecule has 0 heterocycles. The summed E-state index contributed by atoms with van der Waals surface area (Å²) in [6, 6.07) is 0. The van der Waals surface area contributed by atoms with Crippen LogP contribution in [0.4, 0.5) is 0 Å². The van der Waals surface area contributed by atoms with E-state index >= 15 is 0 Å². The Bertz CT molecular complexity index is 151. The molecule has 0 aromatic carbocycles. The van der Waals surface area contributed by atoms with Gasteiger partial charge in [-0.2, -0.15) is 0 Å². The molecule has 1 fully saturated rings. The van der Waals surface area contributed by atoms with E-state index in [0.717, 1.165) is 19.1 Å². The molecule has 1 rings (SSSR count). The summed E-state index contributed by atoms with van der Waals surface area (Å²) in [5.41, 5.74) is -0.747. The second kappa shape index (κ2) is 2.06. The molecular formula is C8H14O2. The van der Waals surface area contributed by atoms with E-state index in [1.54, 1.807) is 0 Å². The number of aldehydes is 1. The van der Waals surface area contributed by atoms with Gasteiger partial charge in [0.05, 0.1) is 5.60 Å². The van der Waals surface area contributed by atoms with Gasteiger partial charge in [0.15, 0.2) is 0 Å². The third kappa shape index (κ3) is 0.870. The molecule has 1 saturated carbocycles. The Labute approximate surface area is 61.2 Å². The van der Waals surface area contributed by atoms with E-state index in [9.17, 15) is 9.90 Å². The van der Waals surface area contributed by atoms with Crippen LogP contribution in [0.15, 0.2) is 0 Å². The second-order valence-corrected chi connectivity index (χ2v) is 3.79. The maximum absolute atomic E-state index is 10.1. The zero-order valence-electron chi connectivity index (χ0n) is 6.55. The molecule has 58 valence electrons. The van der Waals surface area contributed by atoms with E-state index in [0.29, 0.717) is 6.42 Å². The van der Waals surface area contributed by atoms with E-state index in [1.807, 2.05) is 13.8 Å². The molecule has 1 atom stereocenters. The molecule has 1 unspecified atom stereocenters. The minimum Gasteiger partial charge on any atom is -0.389 e. The van der Waals surface area contributed by atoms with Crippen molar-refractivity contribution in [2.75, 3.05) is 0 Å². The van der Waals surface area contributed by atoms with Crippen LogP contribution < -0.4 is 0 Å². The monoisotopic (exact) mass is 142 g/mol. The first kappa shape index (κ1) is 7.73. The van der Waals surface area contributed by atoms with Gasteiger partial charge in [-0.3, -0.25) is 0 Å². The van der Waals surface area contributed by atoms with Crippen LogP contribution >= 0.6 is 0 Å². The maximum Gasteiger partial charge on any atom is 0.122 e. The molecule has 0 aromatic rings. The lowest BCUT2D eigenvalue weighted by molar-refractivity contribution is -0.156. The number of aliphatic hydroxyl groups is 1. The highest BCUT2D eigenvalue weighted by atomic mass is 16.3. The minimum atomic E-state index is -0.700. The molecule has 1 aliphatic rings. The molecule has 0 spiro atoms. The number of carbonyl (C=O) groups excluding carboxylic acids is 1. The fourth-order valence-electron chi connectivity index (χ4n) is 1.43. The van der Waals surface area contributed by atoms with Crippen LogP contribution in [0.5, 0.6) is 0 Å². The first-order valence-electron chi connectivity index (χ1n) is 3.68. The van der Waals surface area contributed by atoms with Crippen molar-refractivity contribution >= 4 is 6.29 Å². The quantitative estimate of drug-likeness (QED) is 0.587. The van der Waals surface area contributed by atoms with Gasteiger partial charge in [-0.05, 0) is 18.3 Å². The second-order valence-electron chi connectivity index (χ2n) is 3.79. The van der Waals surface area contributed by atoms with Gasteiger partial charge >= 0.3 is 0 Å². The zero-order chi connectivity index (χ0) is 7.83. The Morgan fingerprint density at radius 1 is 1.50 bits per heavy atom. The van der Waals surface area contributed by atoms with Gasteiger partial charge in [-0.25, -0.2) is 0 Å². The summed E-state index contributed by atoms with van der Waals surface area (Å²) in [5, 5.41) is 9.71. The maximum atomic E-state index is 10.1. The summed E-state index contributed by atoms with van der Waals surface area (Å²) >= 11 is 0. The molecule has 10 heavy (non-hydrogen) atoms. The van der Waals surface area contributed by atoms with Gasteiger partial charge in [0.1, 0.15) is 6.29 Å². The van der Waals surface area contributed by atoms with Crippen LogP contribution in [-0.4, -0.2) is 17.0 Å². The van der Waals surface area contributed by atoms with Crippen molar-refractivity contribution in [2.24, 2.45) is 5.41 Å². The van der Waals surface area contributed by atoms with Crippen molar-refractivity contribution in [3.8, 4) is 0 Å². The SMILES string of the molecule is CC1(C)CCC1(O)CC=O. The number of rotatable bonds is 2. The molecule has 0 radical (unpaired) electrons. The highest BCUT2D eigenvalue weighted by Gasteiger charge is 2.51. The van der Waals surface area contributed by atoms with Crippen molar-refractivity contribution < 1.29 is 9.90 Å². The van der Waals surface area contributed by atoms with Gasteiger partial charge < -0.3 is 9.90 Å². The molecule has 0 amide bonds. The molecule has 0 aromatic heterocycles. The minimum absolute atomic E-state index is 0.0477. The van der Waals surface area contributed by atoms with Gasteiger partial charge in [0.25, 0.3) is 0 Å². The van der Waals surface area contributed by atoms with E-state index < -0.39 is 5.60 Å². The Kier molecular flexibility index (Phi) is 1.59. The smallest absolute Gasteiger partial charge is 0.122 e. The Balaban J connectivity index is 2.61. The van der Waals surface area contributed by atoms with E-state index in [-0.39, 0.29) is 5.41 Å². The number of hydrogen-bond donors (Lipinski definition) is 1. The van der Waals surface area contributed by atoms with Crippen molar-refractivity contribution in [3.05, 3.63) is 0 Å². The molecule has 1 aliphatic carbocycles. The molecule has 0 saturated heterocycles. The van der Waals surface area contributed by atoms with Gasteiger partial charge in [-0.1, -0.05) is 13.8 Å². The summed E-state index contributed by atoms with van der Waals surface area (Å²) < 4.78 is 0. The normalized spacial score (nSPS) is 36.7. The van der Waals surface area contributed by atoms with E-state index in [1.165, 1.54) is 0 Å². The average Bonchev–Trinajstić information content (AvgIpc) is 1.86. The lowest BCUT2D eigenvalue weighted by atomic mass is 9.58. The van der Waals surface area contributed by atoms with Crippen LogP contribution in [-0.2, 0) is 4.79 Å². The fraction of sp³-hybridized carbons (Fsp3) is 0.875. The predicted octanol–water partition coefficient (Wildman–Crippen LogP) is 1.13. The third-order valence-electron chi connectivity index (χ3n) is 2.84. The summed E-state index contributed by atoms with van der Waals surface area (Å²) in [6.45, 7) is 4.00. The predicted molar refractivity (Wildman–Crippen MR) is 38.6 cm³/mol. The number of hydrogen-bond acceptors (Lipinski definition) is 2. The van der Waals surface area contributed by atoms with Crippen LogP contribution in [0.2, 0.25) is 0 Å². The first-order chi connectivity index (χ1) is 4.52. The molecule has 2 heteroatoms. The Morgan fingerprint density at radius 3 is 2.20 bits per heavy atom. The lowest BCUT2D eigenvalue weighted by Crippen LogP contribution is -2.53. The van der Waals surface area contributed by atoms with Gasteiger partial charge in [-0.15, -0.1) is 0 Å². The van der Waals surface area contributed by atoms with E-state index in [4.69, 9.17) is 0 Å². The van der Waals surface area contributed by atoms with Crippen LogP contribution in [0.3, 0.4) is 0 Å². The van der Waals surface area contributed by atoms with E-state index in [2.05, 4.69) is 0 Å². The third-order valence-corrected chi connectivity index (χ3v) is 2.84. The topological polar surface area (TPSA) is 37.3 Å². The van der Waals surface area contributed by atoms with Crippen molar-refractivity contribution in [1.82, 2.24) is 0 Å². The molecule has 0 aliphatic heterocycles.